The summed E-state index contributed by atoms with van der Waals surface area (Å²) in [5.41, 5.74) is 1.83. The molecule has 0 aliphatic rings. The molecule has 0 aromatic heterocycles. The maximum atomic E-state index is 11.4. The minimum absolute atomic E-state index is 0.0779. The van der Waals surface area contributed by atoms with Crippen molar-refractivity contribution >= 4 is 15.0 Å². The predicted molar refractivity (Wildman–Crippen MR) is 85.4 cm³/mol. The molecule has 1 aromatic carbocycles. The molecule has 0 saturated heterocycles. The van der Waals surface area contributed by atoms with E-state index in [2.05, 4.69) is 20.8 Å². The van der Waals surface area contributed by atoms with Gasteiger partial charge in [0.05, 0.1) is 6.61 Å². The molecular formula is C16H25O4Si. The van der Waals surface area contributed by atoms with E-state index < -0.39 is 21.1 Å². The van der Waals surface area contributed by atoms with Gasteiger partial charge in [-0.2, -0.15) is 0 Å². The van der Waals surface area contributed by atoms with Gasteiger partial charge in [-0.25, -0.2) is 4.79 Å². The Kier molecular flexibility index (Phi) is 5.98. The zero-order valence-electron chi connectivity index (χ0n) is 13.7. The lowest BCUT2D eigenvalue weighted by atomic mass is 9.85. The maximum Gasteiger partial charge on any atom is 0.347 e. The van der Waals surface area contributed by atoms with Crippen molar-refractivity contribution in [1.82, 2.24) is 0 Å². The molecule has 1 N–H and O–H groups in total. The van der Waals surface area contributed by atoms with Gasteiger partial charge in [0.2, 0.25) is 15.1 Å². The number of carboxylic acids is 1. The first kappa shape index (κ1) is 17.7. The molecular weight excluding hydrogens is 284 g/mol. The first-order valence-electron chi connectivity index (χ1n) is 7.05. The smallest absolute Gasteiger partial charge is 0.347 e. The van der Waals surface area contributed by atoms with Crippen LogP contribution in [0, 0.1) is 6.92 Å². The van der Waals surface area contributed by atoms with Crippen molar-refractivity contribution in [2.75, 3.05) is 6.61 Å². The lowest BCUT2D eigenvalue weighted by molar-refractivity contribution is -0.146. The lowest BCUT2D eigenvalue weighted by Crippen LogP contribution is -2.34. The number of carbonyl (C=O) groups is 1. The Morgan fingerprint density at radius 2 is 1.95 bits per heavy atom. The standard InChI is InChI=1S/C16H25O4Si/c1-11-8-7-9-12(16(2,3)4)14(11)20-13(15(17)18)10-19-21(5)6/h7-9,13H,10H2,1-6H3,(H,17,18). The summed E-state index contributed by atoms with van der Waals surface area (Å²) in [5.74, 6) is -0.344. The average molecular weight is 309 g/mol. The number of ether oxygens (including phenoxy) is 1. The van der Waals surface area contributed by atoms with Gasteiger partial charge in [-0.3, -0.25) is 0 Å². The highest BCUT2D eigenvalue weighted by Crippen LogP contribution is 2.34. The number of benzene rings is 1. The van der Waals surface area contributed by atoms with Crippen molar-refractivity contribution in [2.24, 2.45) is 0 Å². The molecule has 4 nitrogen and oxygen atoms in total. The van der Waals surface area contributed by atoms with E-state index >= 15 is 0 Å². The van der Waals surface area contributed by atoms with E-state index in [1.54, 1.807) is 0 Å². The predicted octanol–water partition coefficient (Wildman–Crippen LogP) is 3.39. The topological polar surface area (TPSA) is 55.8 Å². The van der Waals surface area contributed by atoms with Gasteiger partial charge in [-0.15, -0.1) is 0 Å². The van der Waals surface area contributed by atoms with Crippen LogP contribution in [-0.2, 0) is 14.6 Å². The fourth-order valence-corrected chi connectivity index (χ4v) is 2.42. The van der Waals surface area contributed by atoms with E-state index in [4.69, 9.17) is 9.16 Å². The molecule has 5 heteroatoms. The molecule has 1 atom stereocenters. The van der Waals surface area contributed by atoms with Gasteiger partial charge in [0.15, 0.2) is 0 Å². The highest BCUT2D eigenvalue weighted by molar-refractivity contribution is 6.48. The number of rotatable bonds is 6. The Bertz CT molecular complexity index is 492. The third-order valence-electron chi connectivity index (χ3n) is 3.08. The number of carboxylic acid groups (broad SMARTS) is 1. The van der Waals surface area contributed by atoms with E-state index in [9.17, 15) is 9.90 Å². The maximum absolute atomic E-state index is 11.4. The third kappa shape index (κ3) is 5.17. The summed E-state index contributed by atoms with van der Waals surface area (Å²) >= 11 is 0. The van der Waals surface area contributed by atoms with Crippen LogP contribution in [-0.4, -0.2) is 32.8 Å². The van der Waals surface area contributed by atoms with Crippen LogP contribution in [0.25, 0.3) is 0 Å². The monoisotopic (exact) mass is 309 g/mol. The Labute approximate surface area is 128 Å². The van der Waals surface area contributed by atoms with E-state index in [1.165, 1.54) is 0 Å². The van der Waals surface area contributed by atoms with E-state index in [0.717, 1.165) is 11.1 Å². The zero-order valence-corrected chi connectivity index (χ0v) is 14.7. The summed E-state index contributed by atoms with van der Waals surface area (Å²) in [5, 5.41) is 9.34. The first-order valence-corrected chi connectivity index (χ1v) is 9.46. The van der Waals surface area contributed by atoms with Crippen molar-refractivity contribution in [3.63, 3.8) is 0 Å². The normalized spacial score (nSPS) is 13.3. The summed E-state index contributed by atoms with van der Waals surface area (Å²) in [7, 11) is -0.945. The van der Waals surface area contributed by atoms with Gasteiger partial charge in [0.1, 0.15) is 5.75 Å². The number of aryl methyl sites for hydroxylation is 1. The van der Waals surface area contributed by atoms with Crippen molar-refractivity contribution in [3.05, 3.63) is 29.3 Å². The first-order chi connectivity index (χ1) is 9.62. The molecule has 0 fully saturated rings. The SMILES string of the molecule is Cc1cccc(C(C)(C)C)c1OC(CO[Si](C)C)C(=O)O. The number of hydrogen-bond acceptors (Lipinski definition) is 3. The second kappa shape index (κ2) is 7.09. The Morgan fingerprint density at radius 3 is 2.43 bits per heavy atom. The van der Waals surface area contributed by atoms with Crippen molar-refractivity contribution < 1.29 is 19.1 Å². The van der Waals surface area contributed by atoms with Crippen LogP contribution < -0.4 is 4.74 Å². The van der Waals surface area contributed by atoms with Crippen LogP contribution in [0.2, 0.25) is 13.1 Å². The van der Waals surface area contributed by atoms with Gasteiger partial charge in [-0.05, 0) is 36.6 Å². The van der Waals surface area contributed by atoms with Crippen LogP contribution in [0.4, 0.5) is 0 Å². The molecule has 1 aromatic rings. The van der Waals surface area contributed by atoms with Crippen LogP contribution in [0.1, 0.15) is 31.9 Å². The number of para-hydroxylation sites is 1. The molecule has 117 valence electrons. The molecule has 0 saturated carbocycles. The number of hydrogen-bond donors (Lipinski definition) is 1. The summed E-state index contributed by atoms with van der Waals surface area (Å²) in [4.78, 5) is 11.4. The number of aliphatic carboxylic acids is 1. The Balaban J connectivity index is 3.06. The van der Waals surface area contributed by atoms with Crippen molar-refractivity contribution in [1.29, 1.82) is 0 Å². The summed E-state index contributed by atoms with van der Waals surface area (Å²) in [6.45, 7) is 12.2. The van der Waals surface area contributed by atoms with Gasteiger partial charge >= 0.3 is 5.97 Å². The molecule has 0 aliphatic carbocycles. The van der Waals surface area contributed by atoms with Crippen LogP contribution in [0.15, 0.2) is 18.2 Å². The lowest BCUT2D eigenvalue weighted by Gasteiger charge is -2.26. The van der Waals surface area contributed by atoms with E-state index in [0.29, 0.717) is 5.75 Å². The van der Waals surface area contributed by atoms with Crippen molar-refractivity contribution in [3.8, 4) is 5.75 Å². The van der Waals surface area contributed by atoms with Gasteiger partial charge in [0.25, 0.3) is 0 Å². The van der Waals surface area contributed by atoms with Gasteiger partial charge in [0, 0.05) is 0 Å². The molecule has 0 spiro atoms. The second-order valence-electron chi connectivity index (χ2n) is 6.37. The quantitative estimate of drug-likeness (QED) is 0.818. The van der Waals surface area contributed by atoms with Crippen LogP contribution >= 0.6 is 0 Å². The molecule has 0 amide bonds. The summed E-state index contributed by atoms with van der Waals surface area (Å²) < 4.78 is 11.3. The van der Waals surface area contributed by atoms with E-state index in [1.807, 2.05) is 38.2 Å². The molecule has 1 rings (SSSR count). The largest absolute Gasteiger partial charge is 0.478 e. The zero-order chi connectivity index (χ0) is 16.2. The summed E-state index contributed by atoms with van der Waals surface area (Å²) in [6, 6.07) is 5.88. The van der Waals surface area contributed by atoms with E-state index in [-0.39, 0.29) is 12.0 Å². The second-order valence-corrected chi connectivity index (χ2v) is 8.47. The fraction of sp³-hybridized carbons (Fsp3) is 0.562. The van der Waals surface area contributed by atoms with Gasteiger partial charge < -0.3 is 14.3 Å². The van der Waals surface area contributed by atoms with Crippen LogP contribution in [0.5, 0.6) is 5.75 Å². The molecule has 0 aliphatic heterocycles. The average Bonchev–Trinajstić information content (AvgIpc) is 2.33. The summed E-state index contributed by atoms with van der Waals surface area (Å²) in [6.07, 6.45) is -0.980. The fourth-order valence-electron chi connectivity index (χ4n) is 1.94. The van der Waals surface area contributed by atoms with Crippen molar-refractivity contribution in [2.45, 2.75) is 52.3 Å². The minimum Gasteiger partial charge on any atom is -0.478 e. The minimum atomic E-state index is -0.999. The Hall–Kier alpha value is -1.33. The molecule has 21 heavy (non-hydrogen) atoms. The third-order valence-corrected chi connectivity index (χ3v) is 3.82. The molecule has 0 bridgehead atoms. The molecule has 1 radical (unpaired) electrons. The molecule has 0 heterocycles. The highest BCUT2D eigenvalue weighted by atomic mass is 28.3. The highest BCUT2D eigenvalue weighted by Gasteiger charge is 2.26. The van der Waals surface area contributed by atoms with Crippen LogP contribution in [0.3, 0.4) is 0 Å². The molecule has 1 unspecified atom stereocenters. The van der Waals surface area contributed by atoms with Gasteiger partial charge in [-0.1, -0.05) is 39.0 Å². The Morgan fingerprint density at radius 1 is 1.33 bits per heavy atom.